The van der Waals surface area contributed by atoms with Gasteiger partial charge in [0.2, 0.25) is 0 Å². The summed E-state index contributed by atoms with van der Waals surface area (Å²) in [6, 6.07) is 0. The van der Waals surface area contributed by atoms with Crippen molar-refractivity contribution < 1.29 is 23.8 Å². The van der Waals surface area contributed by atoms with Crippen LogP contribution in [-0.4, -0.2) is 37.9 Å². The van der Waals surface area contributed by atoms with Gasteiger partial charge in [0.25, 0.3) is 0 Å². The molecule has 0 aromatic rings. The second kappa shape index (κ2) is 55.9. The van der Waals surface area contributed by atoms with Gasteiger partial charge in [-0.1, -0.05) is 220 Å². The molecular formula is C61H102O5. The smallest absolute Gasteiger partial charge is 0.306 e. The predicted molar refractivity (Wildman–Crippen MR) is 288 cm³/mol. The molecule has 0 N–H and O–H groups in total. The molecule has 0 fully saturated rings. The molecule has 0 aliphatic heterocycles. The van der Waals surface area contributed by atoms with Crippen molar-refractivity contribution in [2.45, 2.75) is 245 Å². The first-order valence-electron chi connectivity index (χ1n) is 27.4. The van der Waals surface area contributed by atoms with Crippen molar-refractivity contribution in [3.63, 3.8) is 0 Å². The predicted octanol–water partition coefficient (Wildman–Crippen LogP) is 18.8. The minimum absolute atomic E-state index is 0.0640. The number of allylic oxidation sites excluding steroid dienone is 18. The van der Waals surface area contributed by atoms with E-state index in [4.69, 9.17) is 14.2 Å². The van der Waals surface area contributed by atoms with E-state index in [0.717, 1.165) is 116 Å². The average molecular weight is 915 g/mol. The first-order chi connectivity index (χ1) is 32.6. The molecular weight excluding hydrogens is 813 g/mol. The van der Waals surface area contributed by atoms with Gasteiger partial charge < -0.3 is 14.2 Å². The molecule has 0 saturated heterocycles. The lowest BCUT2D eigenvalue weighted by Crippen LogP contribution is -2.30. The summed E-state index contributed by atoms with van der Waals surface area (Å²) in [5.41, 5.74) is 0. The van der Waals surface area contributed by atoms with Gasteiger partial charge in [-0.25, -0.2) is 0 Å². The molecule has 0 aromatic heterocycles. The summed E-state index contributed by atoms with van der Waals surface area (Å²) in [4.78, 5) is 25.4. The van der Waals surface area contributed by atoms with Crippen molar-refractivity contribution in [3.05, 3.63) is 109 Å². The van der Waals surface area contributed by atoms with Crippen LogP contribution in [0.4, 0.5) is 0 Å². The standard InChI is InChI=1S/C61H102O5/c1-4-7-10-13-16-19-22-24-26-28-30-32-34-36-38-41-44-47-50-53-56-64-57-59(66-61(63)55-52-49-46-43-39-21-18-15-12-9-6-3)58-65-60(62)54-51-48-45-42-40-37-35-33-31-29-27-25-23-20-17-14-11-8-5-2/h7-8,10-11,15-20,24-27,30-33,59H,4-6,9,12-14,21-23,28-29,34-58H2,1-3H3/b10-7-,11-8-,18-15-,19-16-,20-17-,26-24-,27-25-,32-30-,33-31-. The molecule has 0 aromatic carbocycles. The Morgan fingerprint density at radius 3 is 1.11 bits per heavy atom. The highest BCUT2D eigenvalue weighted by Crippen LogP contribution is 2.13. The van der Waals surface area contributed by atoms with Crippen LogP contribution < -0.4 is 0 Å². The normalized spacial score (nSPS) is 13.1. The molecule has 0 heterocycles. The van der Waals surface area contributed by atoms with Crippen molar-refractivity contribution in [2.75, 3.05) is 19.8 Å². The van der Waals surface area contributed by atoms with E-state index >= 15 is 0 Å². The topological polar surface area (TPSA) is 61.8 Å². The SMILES string of the molecule is CC/C=C\C/C=C\C/C=C\C/C=C\CCCCCCCCCOCC(COC(=O)CCCCCCCC/C=C\C/C=C\C/C=C\C/C=C\CC)OC(=O)CCCCCCC/C=C\CCCC. The third-order valence-corrected chi connectivity index (χ3v) is 11.3. The van der Waals surface area contributed by atoms with Crippen LogP contribution in [-0.2, 0) is 23.8 Å². The largest absolute Gasteiger partial charge is 0.462 e. The van der Waals surface area contributed by atoms with Gasteiger partial charge in [0.05, 0.1) is 6.61 Å². The Morgan fingerprint density at radius 1 is 0.348 bits per heavy atom. The van der Waals surface area contributed by atoms with Crippen LogP contribution >= 0.6 is 0 Å². The van der Waals surface area contributed by atoms with Crippen LogP contribution in [0.1, 0.15) is 239 Å². The minimum atomic E-state index is -0.559. The second-order valence-electron chi connectivity index (χ2n) is 17.7. The first-order valence-corrected chi connectivity index (χ1v) is 27.4. The average Bonchev–Trinajstić information content (AvgIpc) is 3.32. The molecule has 0 saturated carbocycles. The maximum atomic E-state index is 12.8. The fourth-order valence-corrected chi connectivity index (χ4v) is 7.24. The summed E-state index contributed by atoms with van der Waals surface area (Å²) in [5, 5.41) is 0. The highest BCUT2D eigenvalue weighted by Gasteiger charge is 2.17. The molecule has 0 spiro atoms. The summed E-state index contributed by atoms with van der Waals surface area (Å²) < 4.78 is 17.4. The lowest BCUT2D eigenvalue weighted by Gasteiger charge is -2.18. The number of carbonyl (C=O) groups is 2. The van der Waals surface area contributed by atoms with Gasteiger partial charge in [-0.15, -0.1) is 0 Å². The Morgan fingerprint density at radius 2 is 0.682 bits per heavy atom. The zero-order valence-corrected chi connectivity index (χ0v) is 43.2. The number of esters is 2. The molecule has 0 rings (SSSR count). The van der Waals surface area contributed by atoms with Crippen LogP contribution in [0.15, 0.2) is 109 Å². The van der Waals surface area contributed by atoms with E-state index in [1.54, 1.807) is 0 Å². The number of unbranched alkanes of at least 4 members (excludes halogenated alkanes) is 20. The fraction of sp³-hybridized carbons (Fsp3) is 0.672. The molecule has 0 aliphatic rings. The van der Waals surface area contributed by atoms with Crippen LogP contribution in [0.5, 0.6) is 0 Å². The van der Waals surface area contributed by atoms with Crippen molar-refractivity contribution in [1.29, 1.82) is 0 Å². The number of ether oxygens (including phenoxy) is 3. The summed E-state index contributed by atoms with van der Waals surface area (Å²) in [6.45, 7) is 7.52. The fourth-order valence-electron chi connectivity index (χ4n) is 7.24. The maximum Gasteiger partial charge on any atom is 0.306 e. The number of rotatable bonds is 49. The Hall–Kier alpha value is -3.44. The Labute approximate surface area is 408 Å². The summed E-state index contributed by atoms with van der Waals surface area (Å²) in [7, 11) is 0. The maximum absolute atomic E-state index is 12.8. The first kappa shape index (κ1) is 62.6. The lowest BCUT2D eigenvalue weighted by atomic mass is 10.1. The zero-order valence-electron chi connectivity index (χ0n) is 43.2. The van der Waals surface area contributed by atoms with Crippen LogP contribution in [0, 0.1) is 0 Å². The van der Waals surface area contributed by atoms with E-state index in [2.05, 4.69) is 130 Å². The summed E-state index contributed by atoms with van der Waals surface area (Å²) in [6.07, 6.45) is 76.7. The Kier molecular flexibility index (Phi) is 53.0. The molecule has 1 unspecified atom stereocenters. The molecule has 0 radical (unpaired) electrons. The van der Waals surface area contributed by atoms with Crippen molar-refractivity contribution >= 4 is 11.9 Å². The minimum Gasteiger partial charge on any atom is -0.462 e. The van der Waals surface area contributed by atoms with Gasteiger partial charge in [-0.05, 0) is 116 Å². The van der Waals surface area contributed by atoms with E-state index < -0.39 is 6.10 Å². The van der Waals surface area contributed by atoms with Gasteiger partial charge >= 0.3 is 11.9 Å². The quantitative estimate of drug-likeness (QED) is 0.0346. The monoisotopic (exact) mass is 915 g/mol. The number of hydrogen-bond donors (Lipinski definition) is 0. The van der Waals surface area contributed by atoms with Gasteiger partial charge in [0, 0.05) is 19.4 Å². The Balaban J connectivity index is 4.29. The van der Waals surface area contributed by atoms with Gasteiger partial charge in [0.15, 0.2) is 6.10 Å². The molecule has 0 aliphatic carbocycles. The molecule has 5 heteroatoms. The summed E-state index contributed by atoms with van der Waals surface area (Å²) >= 11 is 0. The van der Waals surface area contributed by atoms with Gasteiger partial charge in [-0.3, -0.25) is 9.59 Å². The third-order valence-electron chi connectivity index (χ3n) is 11.3. The van der Waals surface area contributed by atoms with Gasteiger partial charge in [-0.2, -0.15) is 0 Å². The number of hydrogen-bond acceptors (Lipinski definition) is 5. The second-order valence-corrected chi connectivity index (χ2v) is 17.7. The molecule has 1 atom stereocenters. The molecule has 66 heavy (non-hydrogen) atoms. The Bertz CT molecular complexity index is 1310. The zero-order chi connectivity index (χ0) is 47.7. The van der Waals surface area contributed by atoms with Crippen molar-refractivity contribution in [2.24, 2.45) is 0 Å². The van der Waals surface area contributed by atoms with Crippen LogP contribution in [0.25, 0.3) is 0 Å². The lowest BCUT2D eigenvalue weighted by molar-refractivity contribution is -0.163. The summed E-state index contributed by atoms with van der Waals surface area (Å²) in [5.74, 6) is -0.434. The van der Waals surface area contributed by atoms with E-state index in [-0.39, 0.29) is 25.2 Å². The highest BCUT2D eigenvalue weighted by atomic mass is 16.6. The molecule has 376 valence electrons. The van der Waals surface area contributed by atoms with Gasteiger partial charge in [0.1, 0.15) is 6.61 Å². The van der Waals surface area contributed by atoms with Crippen LogP contribution in [0.3, 0.4) is 0 Å². The third kappa shape index (κ3) is 53.2. The molecule has 0 amide bonds. The highest BCUT2D eigenvalue weighted by molar-refractivity contribution is 5.70. The van der Waals surface area contributed by atoms with E-state index in [1.807, 2.05) is 0 Å². The van der Waals surface area contributed by atoms with Crippen LogP contribution in [0.2, 0.25) is 0 Å². The van der Waals surface area contributed by atoms with E-state index in [1.165, 1.54) is 89.9 Å². The van der Waals surface area contributed by atoms with E-state index in [0.29, 0.717) is 19.4 Å². The van der Waals surface area contributed by atoms with E-state index in [9.17, 15) is 9.59 Å². The molecule has 5 nitrogen and oxygen atoms in total. The molecule has 0 bridgehead atoms. The number of carbonyl (C=O) groups excluding carboxylic acids is 2. The van der Waals surface area contributed by atoms with Crippen molar-refractivity contribution in [1.82, 2.24) is 0 Å². The van der Waals surface area contributed by atoms with Crippen molar-refractivity contribution in [3.8, 4) is 0 Å².